The number of aliphatic hydroxyl groups is 1. The minimum absolute atomic E-state index is 0.0649. The molecule has 0 saturated carbocycles. The fourth-order valence-electron chi connectivity index (χ4n) is 2.80. The van der Waals surface area contributed by atoms with Gasteiger partial charge in [0, 0.05) is 5.02 Å². The average molecular weight is 359 g/mol. The van der Waals surface area contributed by atoms with Crippen molar-refractivity contribution in [3.8, 4) is 0 Å². The monoisotopic (exact) mass is 358 g/mol. The smallest absolute Gasteiger partial charge is 0.145 e. The summed E-state index contributed by atoms with van der Waals surface area (Å²) in [6, 6.07) is 12.6. The molecule has 3 N–H and O–H groups in total. The molecule has 0 radical (unpaired) electrons. The van der Waals surface area contributed by atoms with Crippen LogP contribution in [0.2, 0.25) is 10.0 Å². The molecule has 2 heterocycles. The number of amidine groups is 1. The zero-order chi connectivity index (χ0) is 16.8. The number of benzene rings is 2. The molecule has 0 amide bonds. The lowest BCUT2D eigenvalue weighted by molar-refractivity contribution is 0.411. The van der Waals surface area contributed by atoms with Gasteiger partial charge < -0.3 is 15.0 Å². The van der Waals surface area contributed by atoms with E-state index in [1.165, 1.54) is 0 Å². The first-order valence-electron chi connectivity index (χ1n) is 7.23. The third-order valence-electron chi connectivity index (χ3n) is 3.93. The quantitative estimate of drug-likeness (QED) is 0.624. The highest BCUT2D eigenvalue weighted by atomic mass is 35.5. The number of imidazole rings is 1. The summed E-state index contributed by atoms with van der Waals surface area (Å²) in [7, 11) is 0. The van der Waals surface area contributed by atoms with Crippen LogP contribution < -0.4 is 4.90 Å². The van der Waals surface area contributed by atoms with Gasteiger partial charge in [0.25, 0.3) is 0 Å². The second kappa shape index (κ2) is 5.54. The van der Waals surface area contributed by atoms with E-state index >= 15 is 0 Å². The number of hydrogen-bond acceptors (Lipinski definition) is 3. The topological polar surface area (TPSA) is 76.0 Å². The largest absolute Gasteiger partial charge is 0.509 e. The normalized spacial score (nSPS) is 14.9. The van der Waals surface area contributed by atoms with Crippen molar-refractivity contribution < 1.29 is 5.11 Å². The lowest BCUT2D eigenvalue weighted by atomic mass is 10.2. The molecule has 0 fully saturated rings. The molecule has 0 aliphatic carbocycles. The van der Waals surface area contributed by atoms with Crippen molar-refractivity contribution in [3.63, 3.8) is 0 Å². The number of nitrogens with zero attached hydrogens (tertiary/aromatic N) is 2. The molecule has 3 aromatic rings. The van der Waals surface area contributed by atoms with E-state index < -0.39 is 0 Å². The molecular weight excluding hydrogens is 347 g/mol. The summed E-state index contributed by atoms with van der Waals surface area (Å²) in [6.07, 6.45) is 0. The first-order chi connectivity index (χ1) is 11.5. The van der Waals surface area contributed by atoms with Gasteiger partial charge in [-0.25, -0.2) is 4.98 Å². The zero-order valence-corrected chi connectivity index (χ0v) is 13.9. The minimum Gasteiger partial charge on any atom is -0.509 e. The summed E-state index contributed by atoms with van der Waals surface area (Å²) >= 11 is 12.3. The highest BCUT2D eigenvalue weighted by molar-refractivity contribution is 6.38. The van der Waals surface area contributed by atoms with Crippen LogP contribution in [0.5, 0.6) is 0 Å². The molecule has 0 saturated heterocycles. The Balaban J connectivity index is 1.76. The van der Waals surface area contributed by atoms with Crippen molar-refractivity contribution in [2.75, 3.05) is 11.4 Å². The number of anilines is 1. The van der Waals surface area contributed by atoms with E-state index in [9.17, 15) is 5.11 Å². The van der Waals surface area contributed by atoms with Crippen LogP contribution in [0.4, 0.5) is 5.69 Å². The summed E-state index contributed by atoms with van der Waals surface area (Å²) in [5.41, 5.74) is 2.56. The zero-order valence-electron chi connectivity index (χ0n) is 12.3. The highest BCUT2D eigenvalue weighted by Gasteiger charge is 2.32. The van der Waals surface area contributed by atoms with E-state index in [1.807, 2.05) is 24.3 Å². The van der Waals surface area contributed by atoms with Crippen LogP contribution in [0.15, 0.2) is 48.2 Å². The molecule has 1 aromatic heterocycles. The van der Waals surface area contributed by atoms with Crippen molar-refractivity contribution in [1.82, 2.24) is 9.97 Å². The van der Waals surface area contributed by atoms with Gasteiger partial charge in [0.1, 0.15) is 17.4 Å². The SMILES string of the molecule is N=C1C(c2nc3ccccc3[nH]2)=C(O)CN1c1cc(Cl)ccc1Cl. The predicted octanol–water partition coefficient (Wildman–Crippen LogP) is 4.64. The lowest BCUT2D eigenvalue weighted by Crippen LogP contribution is -2.26. The summed E-state index contributed by atoms with van der Waals surface area (Å²) in [5.74, 6) is 0.644. The van der Waals surface area contributed by atoms with Crippen molar-refractivity contribution in [3.05, 3.63) is 64.1 Å². The van der Waals surface area contributed by atoms with Crippen LogP contribution in [-0.4, -0.2) is 27.5 Å². The number of aromatic nitrogens is 2. The predicted molar refractivity (Wildman–Crippen MR) is 97.2 cm³/mol. The third-order valence-corrected chi connectivity index (χ3v) is 4.48. The minimum atomic E-state index is 0.0649. The van der Waals surface area contributed by atoms with E-state index in [0.717, 1.165) is 11.0 Å². The Kier molecular flexibility index (Phi) is 3.48. The average Bonchev–Trinajstić information content (AvgIpc) is 3.10. The van der Waals surface area contributed by atoms with Gasteiger partial charge in [-0.15, -0.1) is 0 Å². The number of H-pyrrole nitrogens is 1. The van der Waals surface area contributed by atoms with Gasteiger partial charge >= 0.3 is 0 Å². The van der Waals surface area contributed by atoms with E-state index in [2.05, 4.69) is 9.97 Å². The number of para-hydroxylation sites is 2. The van der Waals surface area contributed by atoms with E-state index in [0.29, 0.717) is 27.1 Å². The Bertz CT molecular complexity index is 976. The van der Waals surface area contributed by atoms with Crippen LogP contribution in [0.1, 0.15) is 5.82 Å². The van der Waals surface area contributed by atoms with Crippen LogP contribution in [0.3, 0.4) is 0 Å². The number of nitrogens with one attached hydrogen (secondary N) is 2. The summed E-state index contributed by atoms with van der Waals surface area (Å²) in [5, 5.41) is 19.8. The molecule has 1 aliphatic heterocycles. The number of fused-ring (bicyclic) bond motifs is 1. The second-order valence-electron chi connectivity index (χ2n) is 5.45. The van der Waals surface area contributed by atoms with Crippen molar-refractivity contribution >= 4 is 51.3 Å². The molecule has 0 spiro atoms. The molecule has 0 atom stereocenters. The number of hydrogen-bond donors (Lipinski definition) is 3. The molecule has 5 nitrogen and oxygen atoms in total. The van der Waals surface area contributed by atoms with Crippen LogP contribution in [0.25, 0.3) is 16.6 Å². The van der Waals surface area contributed by atoms with Gasteiger partial charge in [0.05, 0.1) is 33.9 Å². The maximum atomic E-state index is 10.4. The van der Waals surface area contributed by atoms with Gasteiger partial charge in [0.15, 0.2) is 0 Å². The summed E-state index contributed by atoms with van der Waals surface area (Å²) in [4.78, 5) is 9.21. The Morgan fingerprint density at radius 1 is 1.17 bits per heavy atom. The Hall–Kier alpha value is -2.50. The Morgan fingerprint density at radius 2 is 1.96 bits per heavy atom. The molecule has 24 heavy (non-hydrogen) atoms. The van der Waals surface area contributed by atoms with Crippen LogP contribution in [0, 0.1) is 5.41 Å². The van der Waals surface area contributed by atoms with Gasteiger partial charge in [-0.3, -0.25) is 5.41 Å². The van der Waals surface area contributed by atoms with Gasteiger partial charge in [-0.1, -0.05) is 35.3 Å². The molecule has 1 aliphatic rings. The third kappa shape index (κ3) is 2.33. The van der Waals surface area contributed by atoms with Crippen molar-refractivity contribution in [1.29, 1.82) is 5.41 Å². The summed E-state index contributed by atoms with van der Waals surface area (Å²) < 4.78 is 0. The number of rotatable bonds is 2. The molecule has 120 valence electrons. The van der Waals surface area contributed by atoms with Crippen molar-refractivity contribution in [2.24, 2.45) is 0 Å². The summed E-state index contributed by atoms with van der Waals surface area (Å²) in [6.45, 7) is 0.144. The molecule has 0 unspecified atom stereocenters. The maximum Gasteiger partial charge on any atom is 0.145 e. The van der Waals surface area contributed by atoms with E-state index in [1.54, 1.807) is 23.1 Å². The Labute approximate surface area is 147 Å². The highest BCUT2D eigenvalue weighted by Crippen LogP contribution is 2.35. The molecule has 7 heteroatoms. The number of aliphatic hydroxyl groups excluding tert-OH is 1. The molecule has 4 rings (SSSR count). The van der Waals surface area contributed by atoms with E-state index in [-0.39, 0.29) is 18.1 Å². The lowest BCUT2D eigenvalue weighted by Gasteiger charge is -2.20. The van der Waals surface area contributed by atoms with Gasteiger partial charge in [0.2, 0.25) is 0 Å². The van der Waals surface area contributed by atoms with Crippen LogP contribution in [-0.2, 0) is 0 Å². The van der Waals surface area contributed by atoms with Gasteiger partial charge in [-0.05, 0) is 30.3 Å². The Morgan fingerprint density at radius 3 is 2.75 bits per heavy atom. The molecule has 0 bridgehead atoms. The first-order valence-corrected chi connectivity index (χ1v) is 7.99. The second-order valence-corrected chi connectivity index (χ2v) is 6.30. The first kappa shape index (κ1) is 15.1. The molecular formula is C17H12Cl2N4O. The van der Waals surface area contributed by atoms with E-state index in [4.69, 9.17) is 28.6 Å². The molecule has 2 aromatic carbocycles. The van der Waals surface area contributed by atoms with Crippen LogP contribution >= 0.6 is 23.2 Å². The standard InChI is InChI=1S/C17H12Cl2N4O/c18-9-5-6-10(19)13(7-9)23-8-14(24)15(16(23)20)17-21-11-3-1-2-4-12(11)22-17/h1-7,20,24H,8H2,(H,21,22). The maximum absolute atomic E-state index is 10.4. The van der Waals surface area contributed by atoms with Gasteiger partial charge in [-0.2, -0.15) is 0 Å². The van der Waals surface area contributed by atoms with Crippen molar-refractivity contribution in [2.45, 2.75) is 0 Å². The number of aromatic amines is 1. The fraction of sp³-hybridized carbons (Fsp3) is 0.0588. The number of halogens is 2. The fourth-order valence-corrected chi connectivity index (χ4v) is 3.18.